The molecule has 0 aliphatic carbocycles. The van der Waals surface area contributed by atoms with E-state index in [9.17, 15) is 9.90 Å². The van der Waals surface area contributed by atoms with Gasteiger partial charge in [-0.25, -0.2) is 4.98 Å². The van der Waals surface area contributed by atoms with Crippen molar-refractivity contribution in [1.82, 2.24) is 9.97 Å². The first kappa shape index (κ1) is 18.0. The van der Waals surface area contributed by atoms with Gasteiger partial charge < -0.3 is 10.4 Å². The predicted molar refractivity (Wildman–Crippen MR) is 101 cm³/mol. The van der Waals surface area contributed by atoms with Gasteiger partial charge in [0.05, 0.1) is 17.4 Å². The number of benzene rings is 1. The van der Waals surface area contributed by atoms with Crippen molar-refractivity contribution in [2.24, 2.45) is 0 Å². The van der Waals surface area contributed by atoms with Gasteiger partial charge in [0, 0.05) is 17.4 Å². The van der Waals surface area contributed by atoms with Crippen LogP contribution in [0, 0.1) is 0 Å². The van der Waals surface area contributed by atoms with Gasteiger partial charge in [-0.05, 0) is 54.8 Å². The number of nitrogens with zero attached hydrogens (tertiary/aromatic N) is 2. The maximum absolute atomic E-state index is 12.2. The summed E-state index contributed by atoms with van der Waals surface area (Å²) >= 11 is 6.00. The quantitative estimate of drug-likeness (QED) is 0.714. The molecule has 0 aliphatic rings. The summed E-state index contributed by atoms with van der Waals surface area (Å²) in [5, 5.41) is 12.9. The average Bonchev–Trinajstić information content (AvgIpc) is 2.63. The second-order valence-corrected chi connectivity index (χ2v) is 6.40. The number of hydrogen-bond donors (Lipinski definition) is 2. The number of anilines is 1. The molecule has 0 aliphatic heterocycles. The van der Waals surface area contributed by atoms with Crippen molar-refractivity contribution in [3.63, 3.8) is 0 Å². The minimum atomic E-state index is -0.666. The van der Waals surface area contributed by atoms with Crippen molar-refractivity contribution in [2.75, 3.05) is 5.32 Å². The molecule has 0 saturated carbocycles. The molecule has 1 amide bonds. The summed E-state index contributed by atoms with van der Waals surface area (Å²) in [7, 11) is 0. The van der Waals surface area contributed by atoms with Crippen LogP contribution in [0.1, 0.15) is 40.2 Å². The normalized spacial score (nSPS) is 11.8. The van der Waals surface area contributed by atoms with Gasteiger partial charge >= 0.3 is 0 Å². The van der Waals surface area contributed by atoms with Crippen LogP contribution < -0.4 is 5.32 Å². The van der Waals surface area contributed by atoms with Crippen LogP contribution in [0.5, 0.6) is 0 Å². The van der Waals surface area contributed by atoms with E-state index in [1.54, 1.807) is 31.3 Å². The lowest BCUT2D eigenvalue weighted by Gasteiger charge is -2.07. The molecule has 3 aromatic rings. The van der Waals surface area contributed by atoms with Crippen molar-refractivity contribution in [2.45, 2.75) is 19.4 Å². The van der Waals surface area contributed by atoms with Gasteiger partial charge in [0.2, 0.25) is 0 Å². The molecule has 132 valence electrons. The fourth-order valence-corrected chi connectivity index (χ4v) is 2.67. The largest absolute Gasteiger partial charge is 0.387 e. The number of amides is 1. The highest BCUT2D eigenvalue weighted by Gasteiger charge is 2.09. The number of carbonyl (C=O) groups excluding carboxylic acids is 1. The second-order valence-electron chi connectivity index (χ2n) is 5.96. The molecule has 1 atom stereocenters. The number of halogens is 1. The van der Waals surface area contributed by atoms with Crippen molar-refractivity contribution in [3.8, 4) is 0 Å². The summed E-state index contributed by atoms with van der Waals surface area (Å²) in [6.45, 7) is 1.62. The zero-order chi connectivity index (χ0) is 18.5. The summed E-state index contributed by atoms with van der Waals surface area (Å²) in [5.41, 5.74) is 3.04. The minimum absolute atomic E-state index is 0.301. The van der Waals surface area contributed by atoms with Gasteiger partial charge in [-0.2, -0.15) is 0 Å². The summed E-state index contributed by atoms with van der Waals surface area (Å²) in [6.07, 6.45) is 3.21. The van der Waals surface area contributed by atoms with Crippen molar-refractivity contribution in [1.29, 1.82) is 0 Å². The molecule has 3 rings (SSSR count). The third-order valence-corrected chi connectivity index (χ3v) is 4.08. The first-order valence-corrected chi connectivity index (χ1v) is 8.54. The molecule has 6 heteroatoms. The van der Waals surface area contributed by atoms with Gasteiger partial charge in [-0.3, -0.25) is 9.78 Å². The fraction of sp³-hybridized carbons (Fsp3) is 0.150. The van der Waals surface area contributed by atoms with E-state index in [4.69, 9.17) is 11.6 Å². The Morgan fingerprint density at radius 1 is 1.12 bits per heavy atom. The third-order valence-electron chi connectivity index (χ3n) is 3.84. The van der Waals surface area contributed by atoms with E-state index < -0.39 is 6.10 Å². The Bertz CT molecular complexity index is 894. The maximum Gasteiger partial charge on any atom is 0.258 e. The maximum atomic E-state index is 12.2. The van der Waals surface area contributed by atoms with Gasteiger partial charge in [0.15, 0.2) is 0 Å². The van der Waals surface area contributed by atoms with E-state index in [1.165, 1.54) is 6.20 Å². The highest BCUT2D eigenvalue weighted by atomic mass is 35.5. The van der Waals surface area contributed by atoms with Crippen LogP contribution in [0.2, 0.25) is 5.02 Å². The summed E-state index contributed by atoms with van der Waals surface area (Å²) in [4.78, 5) is 20.6. The molecule has 2 aromatic heterocycles. The lowest BCUT2D eigenvalue weighted by atomic mass is 10.1. The highest BCUT2D eigenvalue weighted by molar-refractivity contribution is 6.30. The van der Waals surface area contributed by atoms with E-state index in [2.05, 4.69) is 15.3 Å². The van der Waals surface area contributed by atoms with E-state index in [0.29, 0.717) is 28.5 Å². The van der Waals surface area contributed by atoms with Crippen LogP contribution >= 0.6 is 11.6 Å². The van der Waals surface area contributed by atoms with Crippen molar-refractivity contribution >= 4 is 23.3 Å². The SMILES string of the molecule is C[C@H](O)c1ccc(C(=O)Nc2ccc(Cc3cccc(Cl)c3)cn2)cn1. The number of pyridine rings is 2. The number of hydrogen-bond acceptors (Lipinski definition) is 4. The van der Waals surface area contributed by atoms with Crippen LogP contribution in [0.3, 0.4) is 0 Å². The zero-order valence-electron chi connectivity index (χ0n) is 14.2. The number of aromatic nitrogens is 2. The molecule has 0 unspecified atom stereocenters. The molecule has 2 heterocycles. The molecule has 1 aromatic carbocycles. The standard InChI is InChI=1S/C20H18ClN3O2/c1-13(25)18-7-6-16(12-22-18)20(26)24-19-8-5-15(11-23-19)9-14-3-2-4-17(21)10-14/h2-8,10-13,25H,9H2,1H3,(H,23,24,26)/t13-/m0/s1. The smallest absolute Gasteiger partial charge is 0.258 e. The minimum Gasteiger partial charge on any atom is -0.387 e. The number of rotatable bonds is 5. The molecule has 0 spiro atoms. The zero-order valence-corrected chi connectivity index (χ0v) is 14.9. The summed E-state index contributed by atoms with van der Waals surface area (Å²) in [5.74, 6) is 0.161. The summed E-state index contributed by atoms with van der Waals surface area (Å²) < 4.78 is 0. The third kappa shape index (κ3) is 4.65. The number of aliphatic hydroxyl groups is 1. The lowest BCUT2D eigenvalue weighted by molar-refractivity contribution is 0.102. The average molecular weight is 368 g/mol. The number of aliphatic hydroxyl groups excluding tert-OH is 1. The van der Waals surface area contributed by atoms with E-state index in [0.717, 1.165) is 11.1 Å². The molecule has 2 N–H and O–H groups in total. The van der Waals surface area contributed by atoms with Gasteiger partial charge in [0.1, 0.15) is 5.82 Å². The van der Waals surface area contributed by atoms with E-state index in [-0.39, 0.29) is 5.91 Å². The van der Waals surface area contributed by atoms with Gasteiger partial charge in [-0.15, -0.1) is 0 Å². The number of carbonyl (C=O) groups is 1. The number of nitrogens with one attached hydrogen (secondary N) is 1. The molecular weight excluding hydrogens is 350 g/mol. The monoisotopic (exact) mass is 367 g/mol. The van der Waals surface area contributed by atoms with Crippen molar-refractivity contribution < 1.29 is 9.90 Å². The van der Waals surface area contributed by atoms with E-state index in [1.807, 2.05) is 30.3 Å². The van der Waals surface area contributed by atoms with E-state index >= 15 is 0 Å². The molecule has 0 fully saturated rings. The van der Waals surface area contributed by atoms with Crippen LogP contribution in [-0.2, 0) is 6.42 Å². The Balaban J connectivity index is 1.64. The first-order valence-electron chi connectivity index (χ1n) is 8.16. The fourth-order valence-electron chi connectivity index (χ4n) is 2.46. The Morgan fingerprint density at radius 3 is 2.58 bits per heavy atom. The molecule has 5 nitrogen and oxygen atoms in total. The predicted octanol–water partition coefficient (Wildman–Crippen LogP) is 4.03. The van der Waals surface area contributed by atoms with Crippen LogP contribution in [0.15, 0.2) is 60.9 Å². The Kier molecular flexibility index (Phi) is 5.61. The Hall–Kier alpha value is -2.76. The molecular formula is C20H18ClN3O2. The topological polar surface area (TPSA) is 75.1 Å². The Morgan fingerprint density at radius 2 is 1.96 bits per heavy atom. The van der Waals surface area contributed by atoms with Gasteiger partial charge in [0.25, 0.3) is 5.91 Å². The van der Waals surface area contributed by atoms with Crippen LogP contribution in [0.4, 0.5) is 5.82 Å². The van der Waals surface area contributed by atoms with Crippen LogP contribution in [0.25, 0.3) is 0 Å². The summed E-state index contributed by atoms with van der Waals surface area (Å²) in [6, 6.07) is 14.6. The molecule has 0 radical (unpaired) electrons. The molecule has 0 bridgehead atoms. The van der Waals surface area contributed by atoms with Gasteiger partial charge in [-0.1, -0.05) is 29.8 Å². The molecule has 26 heavy (non-hydrogen) atoms. The molecule has 0 saturated heterocycles. The lowest BCUT2D eigenvalue weighted by Crippen LogP contribution is -2.13. The first-order chi connectivity index (χ1) is 12.5. The van der Waals surface area contributed by atoms with Crippen molar-refractivity contribution in [3.05, 3.63) is 88.3 Å². The highest BCUT2D eigenvalue weighted by Crippen LogP contribution is 2.16. The second kappa shape index (κ2) is 8.08. The Labute approximate surface area is 156 Å². The van der Waals surface area contributed by atoms with Crippen LogP contribution in [-0.4, -0.2) is 21.0 Å².